The van der Waals surface area contributed by atoms with Crippen LogP contribution in [0.3, 0.4) is 0 Å². The van der Waals surface area contributed by atoms with E-state index in [1.807, 2.05) is 54.6 Å². The van der Waals surface area contributed by atoms with Crippen LogP contribution in [0.15, 0.2) is 60.3 Å². The molecule has 1 aliphatic heterocycles. The molecule has 4 nitrogen and oxygen atoms in total. The second-order valence-corrected chi connectivity index (χ2v) is 4.45. The standard InChI is InChI=1S/C16H12N2O2/c19-15-14(17-16(20)18-15)10-11-6-8-13(9-7-11)12-4-2-1-3-5-12/h1-10H,(H2,17,18,19,20)/b14-10-. The fourth-order valence-electron chi connectivity index (χ4n) is 2.05. The van der Waals surface area contributed by atoms with E-state index >= 15 is 0 Å². The molecule has 0 saturated carbocycles. The molecule has 20 heavy (non-hydrogen) atoms. The van der Waals surface area contributed by atoms with Crippen LogP contribution in [0.1, 0.15) is 5.56 Å². The molecular formula is C16H12N2O2. The van der Waals surface area contributed by atoms with Crippen molar-refractivity contribution in [1.29, 1.82) is 0 Å². The maximum absolute atomic E-state index is 11.4. The molecule has 0 radical (unpaired) electrons. The highest BCUT2D eigenvalue weighted by atomic mass is 16.2. The van der Waals surface area contributed by atoms with Crippen LogP contribution in [0.25, 0.3) is 17.2 Å². The van der Waals surface area contributed by atoms with Gasteiger partial charge in [-0.3, -0.25) is 10.1 Å². The Kier molecular flexibility index (Phi) is 3.05. The minimum absolute atomic E-state index is 0.266. The molecule has 1 fully saturated rings. The largest absolute Gasteiger partial charge is 0.326 e. The Morgan fingerprint density at radius 3 is 2.00 bits per heavy atom. The summed E-state index contributed by atoms with van der Waals surface area (Å²) in [5.41, 5.74) is 3.37. The van der Waals surface area contributed by atoms with E-state index in [0.29, 0.717) is 0 Å². The summed E-state index contributed by atoms with van der Waals surface area (Å²) in [4.78, 5) is 22.4. The number of hydrogen-bond acceptors (Lipinski definition) is 2. The lowest BCUT2D eigenvalue weighted by atomic mass is 10.0. The summed E-state index contributed by atoms with van der Waals surface area (Å²) >= 11 is 0. The van der Waals surface area contributed by atoms with Crippen LogP contribution in [-0.2, 0) is 4.79 Å². The Hall–Kier alpha value is -2.88. The second-order valence-electron chi connectivity index (χ2n) is 4.45. The van der Waals surface area contributed by atoms with Crippen LogP contribution in [0.4, 0.5) is 4.79 Å². The monoisotopic (exact) mass is 264 g/mol. The number of amides is 3. The van der Waals surface area contributed by atoms with Gasteiger partial charge in [-0.05, 0) is 22.8 Å². The van der Waals surface area contributed by atoms with Gasteiger partial charge >= 0.3 is 6.03 Å². The van der Waals surface area contributed by atoms with Crippen LogP contribution in [0.5, 0.6) is 0 Å². The van der Waals surface area contributed by atoms with Crippen molar-refractivity contribution in [2.75, 3.05) is 0 Å². The third-order valence-electron chi connectivity index (χ3n) is 3.05. The molecule has 1 heterocycles. The minimum Gasteiger partial charge on any atom is -0.303 e. The lowest BCUT2D eigenvalue weighted by Crippen LogP contribution is -2.22. The molecule has 0 bridgehead atoms. The van der Waals surface area contributed by atoms with Crippen LogP contribution >= 0.6 is 0 Å². The SMILES string of the molecule is O=C1NC(=O)/C(=C/c2ccc(-c3ccccc3)cc2)N1. The van der Waals surface area contributed by atoms with E-state index in [-0.39, 0.29) is 5.70 Å². The number of rotatable bonds is 2. The van der Waals surface area contributed by atoms with Crippen molar-refractivity contribution in [3.8, 4) is 11.1 Å². The number of carbonyl (C=O) groups excluding carboxylic acids is 2. The fraction of sp³-hybridized carbons (Fsp3) is 0. The van der Waals surface area contributed by atoms with E-state index in [9.17, 15) is 9.59 Å². The molecule has 98 valence electrons. The minimum atomic E-state index is -0.484. The van der Waals surface area contributed by atoms with Gasteiger partial charge in [-0.15, -0.1) is 0 Å². The van der Waals surface area contributed by atoms with Gasteiger partial charge in [0.2, 0.25) is 0 Å². The molecule has 0 atom stereocenters. The van der Waals surface area contributed by atoms with Gasteiger partial charge in [-0.25, -0.2) is 4.79 Å². The van der Waals surface area contributed by atoms with Crippen LogP contribution in [-0.4, -0.2) is 11.9 Å². The molecule has 0 aromatic heterocycles. The third kappa shape index (κ3) is 2.44. The van der Waals surface area contributed by atoms with Crippen molar-refractivity contribution in [3.05, 3.63) is 65.9 Å². The molecule has 2 aromatic rings. The number of hydrogen-bond donors (Lipinski definition) is 2. The summed E-state index contributed by atoms with van der Waals surface area (Å²) in [6, 6.07) is 17.3. The highest BCUT2D eigenvalue weighted by molar-refractivity contribution is 6.13. The van der Waals surface area contributed by atoms with E-state index in [2.05, 4.69) is 10.6 Å². The molecule has 1 saturated heterocycles. The Bertz CT molecular complexity index is 688. The number of benzene rings is 2. The predicted molar refractivity (Wildman–Crippen MR) is 76.5 cm³/mol. The summed E-state index contributed by atoms with van der Waals surface area (Å²) in [6.07, 6.45) is 1.65. The highest BCUT2D eigenvalue weighted by Gasteiger charge is 2.22. The summed E-state index contributed by atoms with van der Waals surface area (Å²) < 4.78 is 0. The zero-order valence-corrected chi connectivity index (χ0v) is 10.6. The molecular weight excluding hydrogens is 252 g/mol. The van der Waals surface area contributed by atoms with Crippen LogP contribution in [0, 0.1) is 0 Å². The average molecular weight is 264 g/mol. The molecule has 0 aliphatic carbocycles. The van der Waals surface area contributed by atoms with Gasteiger partial charge in [-0.2, -0.15) is 0 Å². The first-order valence-corrected chi connectivity index (χ1v) is 6.22. The second kappa shape index (κ2) is 5.01. The maximum atomic E-state index is 11.4. The Balaban J connectivity index is 1.86. The number of carbonyl (C=O) groups is 2. The summed E-state index contributed by atoms with van der Waals surface area (Å²) in [7, 11) is 0. The van der Waals surface area contributed by atoms with Gasteiger partial charge in [0.25, 0.3) is 5.91 Å². The number of urea groups is 1. The Morgan fingerprint density at radius 2 is 1.40 bits per heavy atom. The molecule has 3 rings (SSSR count). The zero-order chi connectivity index (χ0) is 13.9. The maximum Gasteiger partial charge on any atom is 0.326 e. The van der Waals surface area contributed by atoms with E-state index in [1.54, 1.807) is 6.08 Å². The smallest absolute Gasteiger partial charge is 0.303 e. The molecule has 2 N–H and O–H groups in total. The van der Waals surface area contributed by atoms with Crippen molar-refractivity contribution in [2.45, 2.75) is 0 Å². The van der Waals surface area contributed by atoms with Gasteiger partial charge in [0.15, 0.2) is 0 Å². The summed E-state index contributed by atoms with van der Waals surface area (Å²) in [6.45, 7) is 0. The first-order chi connectivity index (χ1) is 9.72. The Labute approximate surface area is 116 Å². The molecule has 2 aromatic carbocycles. The van der Waals surface area contributed by atoms with Gasteiger partial charge in [0.1, 0.15) is 5.70 Å². The predicted octanol–water partition coefficient (Wildman–Crippen LogP) is 2.53. The van der Waals surface area contributed by atoms with Crippen molar-refractivity contribution in [2.24, 2.45) is 0 Å². The highest BCUT2D eigenvalue weighted by Crippen LogP contribution is 2.20. The molecule has 1 aliphatic rings. The Morgan fingerprint density at radius 1 is 0.750 bits per heavy atom. The third-order valence-corrected chi connectivity index (χ3v) is 3.05. The lowest BCUT2D eigenvalue weighted by Gasteiger charge is -2.02. The summed E-state index contributed by atoms with van der Waals surface area (Å²) in [5.74, 6) is -0.401. The molecule has 0 unspecified atom stereocenters. The first kappa shape index (κ1) is 12.2. The average Bonchev–Trinajstić information content (AvgIpc) is 2.79. The molecule has 3 amide bonds. The lowest BCUT2D eigenvalue weighted by molar-refractivity contribution is -0.115. The first-order valence-electron chi connectivity index (χ1n) is 6.22. The van der Waals surface area contributed by atoms with Gasteiger partial charge < -0.3 is 5.32 Å². The van der Waals surface area contributed by atoms with E-state index < -0.39 is 11.9 Å². The molecule has 0 spiro atoms. The van der Waals surface area contributed by atoms with Crippen molar-refractivity contribution in [3.63, 3.8) is 0 Å². The quantitative estimate of drug-likeness (QED) is 0.647. The number of nitrogens with one attached hydrogen (secondary N) is 2. The molecule has 4 heteroatoms. The van der Waals surface area contributed by atoms with Crippen molar-refractivity contribution < 1.29 is 9.59 Å². The zero-order valence-electron chi connectivity index (χ0n) is 10.6. The fourth-order valence-corrected chi connectivity index (χ4v) is 2.05. The van der Waals surface area contributed by atoms with Crippen LogP contribution in [0.2, 0.25) is 0 Å². The van der Waals surface area contributed by atoms with Gasteiger partial charge in [-0.1, -0.05) is 54.6 Å². The van der Waals surface area contributed by atoms with Gasteiger partial charge in [0.05, 0.1) is 0 Å². The van der Waals surface area contributed by atoms with Crippen molar-refractivity contribution in [1.82, 2.24) is 10.6 Å². The summed E-state index contributed by atoms with van der Waals surface area (Å²) in [5, 5.41) is 4.63. The van der Waals surface area contributed by atoms with Gasteiger partial charge in [0, 0.05) is 0 Å². The van der Waals surface area contributed by atoms with Crippen LogP contribution < -0.4 is 10.6 Å². The normalized spacial score (nSPS) is 16.1. The topological polar surface area (TPSA) is 58.2 Å². The van der Waals surface area contributed by atoms with E-state index in [1.165, 1.54) is 0 Å². The van der Waals surface area contributed by atoms with Crippen molar-refractivity contribution >= 4 is 18.0 Å². The van der Waals surface area contributed by atoms with E-state index in [4.69, 9.17) is 0 Å². The van der Waals surface area contributed by atoms with E-state index in [0.717, 1.165) is 16.7 Å². The number of imide groups is 1.